The van der Waals surface area contributed by atoms with Crippen molar-refractivity contribution in [2.75, 3.05) is 6.61 Å². The van der Waals surface area contributed by atoms with Gasteiger partial charge in [0, 0.05) is 24.0 Å². The summed E-state index contributed by atoms with van der Waals surface area (Å²) < 4.78 is 6.76. The van der Waals surface area contributed by atoms with Crippen molar-refractivity contribution in [2.45, 2.75) is 31.5 Å². The van der Waals surface area contributed by atoms with Crippen molar-refractivity contribution in [2.24, 2.45) is 0 Å². The minimum absolute atomic E-state index is 0.0837. The first-order valence-corrected chi connectivity index (χ1v) is 7.88. The number of aryl methyl sites for hydroxylation is 1. The molecule has 26 heavy (non-hydrogen) atoms. The van der Waals surface area contributed by atoms with Crippen molar-refractivity contribution in [1.29, 1.82) is 0 Å². The zero-order valence-corrected chi connectivity index (χ0v) is 14.4. The molecule has 1 saturated heterocycles. The van der Waals surface area contributed by atoms with Crippen molar-refractivity contribution >= 4 is 12.2 Å². The number of aliphatic hydroxyl groups is 3. The van der Waals surface area contributed by atoms with Crippen LogP contribution in [0, 0.1) is 11.7 Å². The van der Waals surface area contributed by atoms with Crippen molar-refractivity contribution in [3.63, 3.8) is 0 Å². The Bertz CT molecular complexity index is 953. The van der Waals surface area contributed by atoms with E-state index in [0.717, 1.165) is 0 Å². The number of hydrogen-bond donors (Lipinski definition) is 6. The molecule has 0 bridgehead atoms. The van der Waals surface area contributed by atoms with Gasteiger partial charge in [-0.25, -0.2) is 4.79 Å². The molecule has 0 radical (unpaired) electrons. The van der Waals surface area contributed by atoms with Crippen LogP contribution in [0.15, 0.2) is 32.8 Å². The van der Waals surface area contributed by atoms with E-state index in [4.69, 9.17) is 22.1 Å². The van der Waals surface area contributed by atoms with Gasteiger partial charge in [0.2, 0.25) is 0 Å². The molecule has 142 valence electrons. The Morgan fingerprint density at radius 2 is 1.92 bits per heavy atom. The zero-order chi connectivity index (χ0) is 19.4. The second-order valence-corrected chi connectivity index (χ2v) is 5.89. The SMILES string of the molecule is Cc1cn([C@@H]2O[C@H](CO)[C@@H](O)[C@H]2O)c(=S)[nH]c1=O.O=c1cc[nH]c(=O)[nH]1. The van der Waals surface area contributed by atoms with E-state index >= 15 is 0 Å². The summed E-state index contributed by atoms with van der Waals surface area (Å²) in [6, 6.07) is 1.24. The van der Waals surface area contributed by atoms with E-state index in [9.17, 15) is 24.6 Å². The average Bonchev–Trinajstić information content (AvgIpc) is 2.86. The monoisotopic (exact) mass is 386 g/mol. The van der Waals surface area contributed by atoms with Crippen molar-refractivity contribution in [1.82, 2.24) is 19.5 Å². The predicted octanol–water partition coefficient (Wildman–Crippen LogP) is -2.11. The Kier molecular flexibility index (Phi) is 6.39. The average molecular weight is 386 g/mol. The first kappa shape index (κ1) is 19.9. The molecule has 1 fully saturated rings. The largest absolute Gasteiger partial charge is 0.394 e. The summed E-state index contributed by atoms with van der Waals surface area (Å²) in [4.78, 5) is 38.4. The highest BCUT2D eigenvalue weighted by molar-refractivity contribution is 7.71. The molecule has 12 heteroatoms. The van der Waals surface area contributed by atoms with E-state index < -0.39 is 36.8 Å². The van der Waals surface area contributed by atoms with Crippen molar-refractivity contribution in [3.8, 4) is 0 Å². The van der Waals surface area contributed by atoms with Gasteiger partial charge in [-0.2, -0.15) is 0 Å². The number of hydrogen-bond acceptors (Lipinski definition) is 8. The maximum Gasteiger partial charge on any atom is 0.325 e. The van der Waals surface area contributed by atoms with E-state index in [1.807, 2.05) is 4.98 Å². The molecule has 0 unspecified atom stereocenters. The number of ether oxygens (including phenoxy) is 1. The van der Waals surface area contributed by atoms with E-state index in [-0.39, 0.29) is 15.9 Å². The zero-order valence-electron chi connectivity index (χ0n) is 13.6. The number of aromatic amines is 3. The molecule has 0 aromatic carbocycles. The van der Waals surface area contributed by atoms with Gasteiger partial charge >= 0.3 is 5.69 Å². The van der Waals surface area contributed by atoms with Gasteiger partial charge in [0.25, 0.3) is 11.1 Å². The van der Waals surface area contributed by atoms with Crippen LogP contribution in [-0.4, -0.2) is 59.8 Å². The number of aliphatic hydroxyl groups excluding tert-OH is 3. The molecule has 1 aliphatic heterocycles. The fraction of sp³-hybridized carbons (Fsp3) is 0.429. The molecule has 3 rings (SSSR count). The molecule has 0 aliphatic carbocycles. The van der Waals surface area contributed by atoms with Crippen LogP contribution in [0.1, 0.15) is 11.8 Å². The second kappa shape index (κ2) is 8.33. The molecule has 11 nitrogen and oxygen atoms in total. The lowest BCUT2D eigenvalue weighted by molar-refractivity contribution is -0.0542. The van der Waals surface area contributed by atoms with Crippen LogP contribution >= 0.6 is 12.2 Å². The van der Waals surface area contributed by atoms with E-state index in [0.29, 0.717) is 5.56 Å². The maximum absolute atomic E-state index is 11.3. The summed E-state index contributed by atoms with van der Waals surface area (Å²) in [7, 11) is 0. The third-order valence-corrected chi connectivity index (χ3v) is 3.94. The molecule has 0 amide bonds. The van der Waals surface area contributed by atoms with Crippen LogP contribution in [0.2, 0.25) is 0 Å². The summed E-state index contributed by atoms with van der Waals surface area (Å²) >= 11 is 4.97. The summed E-state index contributed by atoms with van der Waals surface area (Å²) in [5, 5.41) is 28.5. The van der Waals surface area contributed by atoms with Crippen LogP contribution in [0.5, 0.6) is 0 Å². The fourth-order valence-electron chi connectivity index (χ4n) is 2.27. The molecular weight excluding hydrogens is 368 g/mol. The van der Waals surface area contributed by atoms with Crippen LogP contribution in [0.4, 0.5) is 0 Å². The lowest BCUT2D eigenvalue weighted by Gasteiger charge is -2.18. The molecule has 1 aliphatic rings. The molecule has 4 atom stereocenters. The highest BCUT2D eigenvalue weighted by Crippen LogP contribution is 2.29. The lowest BCUT2D eigenvalue weighted by atomic mass is 10.1. The molecule has 3 heterocycles. The molecule has 6 N–H and O–H groups in total. The van der Waals surface area contributed by atoms with Gasteiger partial charge in [-0.1, -0.05) is 0 Å². The van der Waals surface area contributed by atoms with Gasteiger partial charge in [-0.05, 0) is 19.1 Å². The topological polar surface area (TPSA) is 173 Å². The van der Waals surface area contributed by atoms with E-state index in [2.05, 4.69) is 9.97 Å². The van der Waals surface area contributed by atoms with Gasteiger partial charge in [0.1, 0.15) is 18.3 Å². The van der Waals surface area contributed by atoms with Crippen LogP contribution in [0.3, 0.4) is 0 Å². The van der Waals surface area contributed by atoms with Crippen LogP contribution in [0.25, 0.3) is 0 Å². The molecular formula is C14H18N4O7S. The number of aromatic nitrogens is 4. The summed E-state index contributed by atoms with van der Waals surface area (Å²) in [6.07, 6.45) is -1.49. The van der Waals surface area contributed by atoms with Gasteiger partial charge in [0.05, 0.1) is 6.61 Å². The standard InChI is InChI=1S/C10H14N2O5S.C4H4N2O2/c1-4-2-12(10(18)11-8(4)16)9-7(15)6(14)5(3-13)17-9;7-3-1-2-5-4(8)6-3/h2,5-7,9,13-15H,3H2,1H3,(H,11,16,18);1-2H,(H2,5,6,7,8)/t5-,6-,7-,9-;/m1./s1. The second-order valence-electron chi connectivity index (χ2n) is 5.50. The summed E-state index contributed by atoms with van der Waals surface area (Å²) in [5.74, 6) is 0. The molecule has 0 spiro atoms. The maximum atomic E-state index is 11.3. The summed E-state index contributed by atoms with van der Waals surface area (Å²) in [5.41, 5.74) is -0.768. The third kappa shape index (κ3) is 4.42. The normalized spacial score (nSPS) is 24.8. The first-order chi connectivity index (χ1) is 12.2. The minimum Gasteiger partial charge on any atom is -0.394 e. The highest BCUT2D eigenvalue weighted by Gasteiger charge is 2.43. The Morgan fingerprint density at radius 1 is 1.23 bits per heavy atom. The predicted molar refractivity (Wildman–Crippen MR) is 91.3 cm³/mol. The molecule has 2 aromatic rings. The number of nitrogens with zero attached hydrogens (tertiary/aromatic N) is 1. The molecule has 2 aromatic heterocycles. The highest BCUT2D eigenvalue weighted by atomic mass is 32.1. The van der Waals surface area contributed by atoms with Gasteiger partial charge in [0.15, 0.2) is 11.0 Å². The lowest BCUT2D eigenvalue weighted by Crippen LogP contribution is -2.33. The number of rotatable bonds is 2. The van der Waals surface area contributed by atoms with Gasteiger partial charge in [-0.3, -0.25) is 24.1 Å². The minimum atomic E-state index is -1.22. The Labute approximate surface area is 150 Å². The fourth-order valence-corrected chi connectivity index (χ4v) is 2.52. The number of nitrogens with one attached hydrogen (secondary N) is 3. The first-order valence-electron chi connectivity index (χ1n) is 7.47. The smallest absolute Gasteiger partial charge is 0.325 e. The Balaban J connectivity index is 0.000000254. The quantitative estimate of drug-likeness (QED) is 0.318. The van der Waals surface area contributed by atoms with Crippen LogP contribution < -0.4 is 16.8 Å². The Morgan fingerprint density at radius 3 is 2.42 bits per heavy atom. The molecule has 0 saturated carbocycles. The van der Waals surface area contributed by atoms with Gasteiger partial charge in [-0.15, -0.1) is 0 Å². The van der Waals surface area contributed by atoms with Crippen molar-refractivity contribution < 1.29 is 20.1 Å². The van der Waals surface area contributed by atoms with Crippen molar-refractivity contribution in [3.05, 3.63) is 60.0 Å². The number of H-pyrrole nitrogens is 3. The van der Waals surface area contributed by atoms with E-state index in [1.165, 1.54) is 23.0 Å². The Hall–Kier alpha value is -2.38. The van der Waals surface area contributed by atoms with Gasteiger partial charge < -0.3 is 25.0 Å². The van der Waals surface area contributed by atoms with E-state index in [1.54, 1.807) is 6.92 Å². The third-order valence-electron chi connectivity index (χ3n) is 3.62. The summed E-state index contributed by atoms with van der Waals surface area (Å²) in [6.45, 7) is 1.18. The van der Waals surface area contributed by atoms with Crippen LogP contribution in [-0.2, 0) is 4.74 Å².